The first kappa shape index (κ1) is 19.4. The molecule has 1 unspecified atom stereocenters. The van der Waals surface area contributed by atoms with E-state index in [0.717, 1.165) is 11.1 Å². The van der Waals surface area contributed by atoms with Crippen molar-refractivity contribution in [2.24, 2.45) is 0 Å². The molecule has 0 spiro atoms. The summed E-state index contributed by atoms with van der Waals surface area (Å²) < 4.78 is 0. The smallest absolute Gasteiger partial charge is 0.251 e. The summed E-state index contributed by atoms with van der Waals surface area (Å²) in [5.74, 6) is -0.458. The SMILES string of the molecule is Cc1ccc(CNC(=O)C(Cc2ccccc2)NC(=O)c2ccccc2)cc1. The lowest BCUT2D eigenvalue weighted by Gasteiger charge is -2.19. The van der Waals surface area contributed by atoms with Crippen LogP contribution in [-0.2, 0) is 17.8 Å². The maximum atomic E-state index is 12.8. The van der Waals surface area contributed by atoms with E-state index in [0.29, 0.717) is 18.5 Å². The number of amides is 2. The molecule has 0 fully saturated rings. The first-order valence-corrected chi connectivity index (χ1v) is 9.35. The molecule has 4 heteroatoms. The van der Waals surface area contributed by atoms with Crippen molar-refractivity contribution in [3.8, 4) is 0 Å². The molecule has 0 saturated carbocycles. The molecule has 3 aromatic rings. The molecular weight excluding hydrogens is 348 g/mol. The molecule has 0 saturated heterocycles. The third-order valence-electron chi connectivity index (χ3n) is 4.53. The second-order valence-electron chi connectivity index (χ2n) is 6.79. The molecule has 0 radical (unpaired) electrons. The van der Waals surface area contributed by atoms with Gasteiger partial charge in [0.25, 0.3) is 5.91 Å². The number of aryl methyl sites for hydroxylation is 1. The van der Waals surface area contributed by atoms with Crippen molar-refractivity contribution in [2.45, 2.75) is 25.9 Å². The van der Waals surface area contributed by atoms with E-state index < -0.39 is 6.04 Å². The summed E-state index contributed by atoms with van der Waals surface area (Å²) in [6.07, 6.45) is 0.430. The summed E-state index contributed by atoms with van der Waals surface area (Å²) in [6, 6.07) is 26.0. The van der Waals surface area contributed by atoms with Gasteiger partial charge in [-0.25, -0.2) is 0 Å². The van der Waals surface area contributed by atoms with E-state index in [1.165, 1.54) is 5.56 Å². The molecule has 0 aliphatic heterocycles. The van der Waals surface area contributed by atoms with Gasteiger partial charge in [0.05, 0.1) is 0 Å². The highest BCUT2D eigenvalue weighted by Gasteiger charge is 2.21. The van der Waals surface area contributed by atoms with Crippen molar-refractivity contribution in [1.29, 1.82) is 0 Å². The van der Waals surface area contributed by atoms with Crippen LogP contribution in [-0.4, -0.2) is 17.9 Å². The summed E-state index contributed by atoms with van der Waals surface area (Å²) in [5.41, 5.74) is 3.72. The van der Waals surface area contributed by atoms with Crippen molar-refractivity contribution < 1.29 is 9.59 Å². The van der Waals surface area contributed by atoms with Gasteiger partial charge in [0, 0.05) is 18.5 Å². The lowest BCUT2D eigenvalue weighted by Crippen LogP contribution is -2.47. The van der Waals surface area contributed by atoms with Crippen LogP contribution < -0.4 is 10.6 Å². The number of hydrogen-bond donors (Lipinski definition) is 2. The van der Waals surface area contributed by atoms with E-state index in [2.05, 4.69) is 10.6 Å². The van der Waals surface area contributed by atoms with Crippen LogP contribution in [0.4, 0.5) is 0 Å². The lowest BCUT2D eigenvalue weighted by atomic mass is 10.0. The molecule has 0 aliphatic carbocycles. The van der Waals surface area contributed by atoms with Gasteiger partial charge in [-0.05, 0) is 30.2 Å². The fourth-order valence-corrected chi connectivity index (χ4v) is 2.91. The summed E-state index contributed by atoms with van der Waals surface area (Å²) in [6.45, 7) is 2.45. The third-order valence-corrected chi connectivity index (χ3v) is 4.53. The molecule has 0 aliphatic rings. The van der Waals surface area contributed by atoms with Crippen LogP contribution >= 0.6 is 0 Å². The largest absolute Gasteiger partial charge is 0.350 e. The minimum Gasteiger partial charge on any atom is -0.350 e. The van der Waals surface area contributed by atoms with Gasteiger partial charge >= 0.3 is 0 Å². The van der Waals surface area contributed by atoms with E-state index >= 15 is 0 Å². The van der Waals surface area contributed by atoms with Gasteiger partial charge in [0.1, 0.15) is 6.04 Å². The van der Waals surface area contributed by atoms with Gasteiger partial charge in [-0.1, -0.05) is 78.4 Å². The van der Waals surface area contributed by atoms with E-state index in [-0.39, 0.29) is 11.8 Å². The summed E-state index contributed by atoms with van der Waals surface area (Å²) >= 11 is 0. The molecule has 0 aromatic heterocycles. The Morgan fingerprint density at radius 3 is 2.04 bits per heavy atom. The van der Waals surface area contributed by atoms with Crippen molar-refractivity contribution >= 4 is 11.8 Å². The van der Waals surface area contributed by atoms with Crippen LogP contribution in [0, 0.1) is 6.92 Å². The number of benzene rings is 3. The predicted octanol–water partition coefficient (Wildman–Crippen LogP) is 3.65. The van der Waals surface area contributed by atoms with Crippen LogP contribution in [0.1, 0.15) is 27.0 Å². The number of hydrogen-bond acceptors (Lipinski definition) is 2. The zero-order valence-electron chi connectivity index (χ0n) is 15.9. The molecule has 1 atom stereocenters. The van der Waals surface area contributed by atoms with E-state index in [9.17, 15) is 9.59 Å². The zero-order valence-corrected chi connectivity index (χ0v) is 15.9. The maximum absolute atomic E-state index is 12.8. The molecular formula is C24H24N2O2. The predicted molar refractivity (Wildman–Crippen MR) is 111 cm³/mol. The van der Waals surface area contributed by atoms with Crippen molar-refractivity contribution in [3.05, 3.63) is 107 Å². The summed E-state index contributed by atoms with van der Waals surface area (Å²) in [4.78, 5) is 25.4. The molecule has 2 N–H and O–H groups in total. The molecule has 4 nitrogen and oxygen atoms in total. The van der Waals surface area contributed by atoms with Gasteiger partial charge in [-0.2, -0.15) is 0 Å². The van der Waals surface area contributed by atoms with Crippen molar-refractivity contribution in [3.63, 3.8) is 0 Å². The van der Waals surface area contributed by atoms with E-state index in [1.807, 2.05) is 67.6 Å². The highest BCUT2D eigenvalue weighted by molar-refractivity contribution is 5.97. The lowest BCUT2D eigenvalue weighted by molar-refractivity contribution is -0.123. The number of carbonyl (C=O) groups is 2. The third kappa shape index (κ3) is 5.55. The van der Waals surface area contributed by atoms with Crippen molar-refractivity contribution in [1.82, 2.24) is 10.6 Å². The minimum absolute atomic E-state index is 0.200. The number of rotatable bonds is 7. The Hall–Kier alpha value is -3.40. The second kappa shape index (κ2) is 9.51. The quantitative estimate of drug-likeness (QED) is 0.665. The molecule has 3 aromatic carbocycles. The normalized spacial score (nSPS) is 11.5. The van der Waals surface area contributed by atoms with E-state index in [4.69, 9.17) is 0 Å². The van der Waals surface area contributed by atoms with Crippen LogP contribution in [0.3, 0.4) is 0 Å². The average molecular weight is 372 g/mol. The van der Waals surface area contributed by atoms with Crippen LogP contribution in [0.2, 0.25) is 0 Å². The van der Waals surface area contributed by atoms with Crippen LogP contribution in [0.15, 0.2) is 84.9 Å². The van der Waals surface area contributed by atoms with Gasteiger partial charge < -0.3 is 10.6 Å². The fourth-order valence-electron chi connectivity index (χ4n) is 2.91. The van der Waals surface area contributed by atoms with Gasteiger partial charge in [0.15, 0.2) is 0 Å². The highest BCUT2D eigenvalue weighted by atomic mass is 16.2. The Morgan fingerprint density at radius 1 is 0.786 bits per heavy atom. The zero-order chi connectivity index (χ0) is 19.8. The molecule has 0 bridgehead atoms. The van der Waals surface area contributed by atoms with Gasteiger partial charge in [-0.3, -0.25) is 9.59 Å². The van der Waals surface area contributed by atoms with Crippen LogP contribution in [0.25, 0.3) is 0 Å². The van der Waals surface area contributed by atoms with Crippen LogP contribution in [0.5, 0.6) is 0 Å². The standard InChI is InChI=1S/C24H24N2O2/c1-18-12-14-20(15-13-18)17-25-24(28)22(16-19-8-4-2-5-9-19)26-23(27)21-10-6-3-7-11-21/h2-15,22H,16-17H2,1H3,(H,25,28)(H,26,27). The Labute approximate surface area is 165 Å². The molecule has 3 rings (SSSR count). The first-order chi connectivity index (χ1) is 13.6. The fraction of sp³-hybridized carbons (Fsp3) is 0.167. The van der Waals surface area contributed by atoms with Gasteiger partial charge in [0.2, 0.25) is 5.91 Å². The van der Waals surface area contributed by atoms with Gasteiger partial charge in [-0.15, -0.1) is 0 Å². The van der Waals surface area contributed by atoms with E-state index in [1.54, 1.807) is 24.3 Å². The minimum atomic E-state index is -0.652. The number of carbonyl (C=O) groups excluding carboxylic acids is 2. The summed E-state index contributed by atoms with van der Waals surface area (Å²) in [5, 5.41) is 5.82. The number of nitrogens with one attached hydrogen (secondary N) is 2. The topological polar surface area (TPSA) is 58.2 Å². The summed E-state index contributed by atoms with van der Waals surface area (Å²) in [7, 11) is 0. The average Bonchev–Trinajstić information content (AvgIpc) is 2.74. The molecule has 28 heavy (non-hydrogen) atoms. The Kier molecular flexibility index (Phi) is 6.58. The monoisotopic (exact) mass is 372 g/mol. The molecule has 142 valence electrons. The Balaban J connectivity index is 1.70. The first-order valence-electron chi connectivity index (χ1n) is 9.35. The Bertz CT molecular complexity index is 906. The molecule has 0 heterocycles. The van der Waals surface area contributed by atoms with Crippen molar-refractivity contribution in [2.75, 3.05) is 0 Å². The molecule has 2 amide bonds. The maximum Gasteiger partial charge on any atom is 0.251 e. The highest BCUT2D eigenvalue weighted by Crippen LogP contribution is 2.07. The Morgan fingerprint density at radius 2 is 1.39 bits per heavy atom. The second-order valence-corrected chi connectivity index (χ2v) is 6.79.